The van der Waals surface area contributed by atoms with E-state index in [-0.39, 0.29) is 11.9 Å². The summed E-state index contributed by atoms with van der Waals surface area (Å²) in [6, 6.07) is 7.73. The third-order valence-corrected chi connectivity index (χ3v) is 5.89. The second kappa shape index (κ2) is 9.80. The van der Waals surface area contributed by atoms with E-state index in [1.165, 1.54) is 11.3 Å². The van der Waals surface area contributed by atoms with Crippen LogP contribution in [0.2, 0.25) is 5.02 Å². The van der Waals surface area contributed by atoms with Gasteiger partial charge in [-0.2, -0.15) is 0 Å². The number of hydrogen-bond acceptors (Lipinski definition) is 7. The number of benzene rings is 1. The first-order valence-electron chi connectivity index (χ1n) is 9.24. The van der Waals surface area contributed by atoms with Crippen LogP contribution in [0, 0.1) is 3.95 Å². The first-order chi connectivity index (χ1) is 13.4. The number of rotatable bonds is 7. The van der Waals surface area contributed by atoms with E-state index in [9.17, 15) is 4.79 Å². The van der Waals surface area contributed by atoms with Crippen LogP contribution in [0.15, 0.2) is 24.3 Å². The molecule has 0 radical (unpaired) electrons. The Kier molecular flexibility index (Phi) is 7.42. The second-order valence-electron chi connectivity index (χ2n) is 7.04. The number of carbonyl (C=O) groups is 1. The SMILES string of the molecule is CC(C)NC(=O)CN1CCN(Cn2nc(Nc3ccccc3Cl)sc2=S)CC1. The van der Waals surface area contributed by atoms with Gasteiger partial charge in [0.05, 0.1) is 23.9 Å². The molecule has 2 aromatic rings. The summed E-state index contributed by atoms with van der Waals surface area (Å²) in [6.45, 7) is 8.51. The molecule has 1 aliphatic rings. The maximum Gasteiger partial charge on any atom is 0.234 e. The van der Waals surface area contributed by atoms with Crippen LogP contribution in [0.5, 0.6) is 0 Å². The minimum absolute atomic E-state index is 0.0838. The van der Waals surface area contributed by atoms with Gasteiger partial charge < -0.3 is 10.6 Å². The lowest BCUT2D eigenvalue weighted by Gasteiger charge is -2.34. The van der Waals surface area contributed by atoms with Crippen molar-refractivity contribution in [3.8, 4) is 0 Å². The average molecular weight is 441 g/mol. The minimum Gasteiger partial charge on any atom is -0.353 e. The van der Waals surface area contributed by atoms with Crippen LogP contribution in [-0.2, 0) is 11.5 Å². The Hall–Kier alpha value is -1.52. The number of piperazine rings is 1. The summed E-state index contributed by atoms with van der Waals surface area (Å²) in [5.41, 5.74) is 0.813. The van der Waals surface area contributed by atoms with E-state index in [1.807, 2.05) is 42.8 Å². The number of carbonyl (C=O) groups excluding carboxylic acids is 1. The fraction of sp³-hybridized carbons (Fsp3) is 0.500. The molecule has 1 saturated heterocycles. The maximum absolute atomic E-state index is 11.9. The van der Waals surface area contributed by atoms with Crippen LogP contribution in [0.1, 0.15) is 13.8 Å². The second-order valence-corrected chi connectivity index (χ2v) is 9.07. The van der Waals surface area contributed by atoms with E-state index >= 15 is 0 Å². The fourth-order valence-electron chi connectivity index (χ4n) is 2.97. The highest BCUT2D eigenvalue weighted by Gasteiger charge is 2.20. The number of nitrogens with zero attached hydrogens (tertiary/aromatic N) is 4. The van der Waals surface area contributed by atoms with Gasteiger partial charge in [0, 0.05) is 32.2 Å². The Morgan fingerprint density at radius 2 is 1.93 bits per heavy atom. The third-order valence-electron chi connectivity index (χ3n) is 4.34. The predicted molar refractivity (Wildman–Crippen MR) is 117 cm³/mol. The zero-order chi connectivity index (χ0) is 20.1. The van der Waals surface area contributed by atoms with Crippen LogP contribution in [0.4, 0.5) is 10.8 Å². The van der Waals surface area contributed by atoms with Gasteiger partial charge >= 0.3 is 0 Å². The van der Waals surface area contributed by atoms with Crippen molar-refractivity contribution in [2.24, 2.45) is 0 Å². The molecule has 2 heterocycles. The molecule has 0 saturated carbocycles. The highest BCUT2D eigenvalue weighted by molar-refractivity contribution is 7.73. The molecule has 2 N–H and O–H groups in total. The summed E-state index contributed by atoms with van der Waals surface area (Å²) >= 11 is 13.1. The summed E-state index contributed by atoms with van der Waals surface area (Å²) < 4.78 is 2.55. The quantitative estimate of drug-likeness (QED) is 0.644. The van der Waals surface area contributed by atoms with Gasteiger partial charge in [-0.05, 0) is 38.2 Å². The number of anilines is 2. The first-order valence-corrected chi connectivity index (χ1v) is 10.8. The number of aromatic nitrogens is 2. The van der Waals surface area contributed by atoms with Gasteiger partial charge in [0.25, 0.3) is 0 Å². The molecular weight excluding hydrogens is 416 g/mol. The molecule has 0 aliphatic carbocycles. The molecule has 0 spiro atoms. The lowest BCUT2D eigenvalue weighted by molar-refractivity contribution is -0.123. The Bertz CT molecular complexity index is 860. The van der Waals surface area contributed by atoms with Crippen molar-refractivity contribution in [1.29, 1.82) is 0 Å². The topological polar surface area (TPSA) is 65.4 Å². The Labute approximate surface area is 179 Å². The van der Waals surface area contributed by atoms with Crippen molar-refractivity contribution in [1.82, 2.24) is 24.9 Å². The predicted octanol–water partition coefficient (Wildman–Crippen LogP) is 3.17. The smallest absolute Gasteiger partial charge is 0.234 e. The van der Waals surface area contributed by atoms with Gasteiger partial charge in [-0.1, -0.05) is 35.1 Å². The summed E-state index contributed by atoms with van der Waals surface area (Å²) in [4.78, 5) is 16.4. The molecule has 0 unspecified atom stereocenters. The van der Waals surface area contributed by atoms with Crippen LogP contribution < -0.4 is 10.6 Å². The van der Waals surface area contributed by atoms with Crippen LogP contribution in [0.3, 0.4) is 0 Å². The average Bonchev–Trinajstić information content (AvgIpc) is 2.97. The van der Waals surface area contributed by atoms with E-state index < -0.39 is 0 Å². The molecule has 0 bridgehead atoms. The monoisotopic (exact) mass is 440 g/mol. The molecule has 7 nitrogen and oxygen atoms in total. The highest BCUT2D eigenvalue weighted by Crippen LogP contribution is 2.26. The number of amides is 1. The van der Waals surface area contributed by atoms with Crippen molar-refractivity contribution >= 4 is 51.9 Å². The summed E-state index contributed by atoms with van der Waals surface area (Å²) in [5, 5.41) is 12.1. The molecule has 0 atom stereocenters. The van der Waals surface area contributed by atoms with Crippen molar-refractivity contribution in [3.05, 3.63) is 33.2 Å². The van der Waals surface area contributed by atoms with E-state index in [1.54, 1.807) is 0 Å². The molecular formula is C18H25ClN6OS2. The number of nitrogens with one attached hydrogen (secondary N) is 2. The zero-order valence-corrected chi connectivity index (χ0v) is 18.4. The number of halogens is 1. The Morgan fingerprint density at radius 1 is 1.25 bits per heavy atom. The van der Waals surface area contributed by atoms with Crippen LogP contribution in [0.25, 0.3) is 0 Å². The van der Waals surface area contributed by atoms with Gasteiger partial charge in [-0.15, -0.1) is 5.10 Å². The molecule has 1 aliphatic heterocycles. The summed E-state index contributed by atoms with van der Waals surface area (Å²) in [5.74, 6) is 0.0838. The fourth-order valence-corrected chi connectivity index (χ4v) is 4.16. The molecule has 152 valence electrons. The Balaban J connectivity index is 1.51. The van der Waals surface area contributed by atoms with Crippen molar-refractivity contribution in [2.45, 2.75) is 26.6 Å². The lowest BCUT2D eigenvalue weighted by atomic mass is 10.3. The molecule has 10 heteroatoms. The van der Waals surface area contributed by atoms with Crippen molar-refractivity contribution < 1.29 is 4.79 Å². The molecule has 1 fully saturated rings. The molecule has 1 aromatic carbocycles. The van der Waals surface area contributed by atoms with E-state index in [0.717, 1.165) is 37.0 Å². The van der Waals surface area contributed by atoms with E-state index in [0.29, 0.717) is 22.2 Å². The molecule has 3 rings (SSSR count). The standard InChI is InChI=1S/C18H25ClN6OS2/c1-13(2)20-16(26)11-23-7-9-24(10-8-23)12-25-18(27)28-17(22-25)21-15-6-4-3-5-14(15)19/h3-6,13H,7-12H2,1-2H3,(H,20,26)(H,21,22). The van der Waals surface area contributed by atoms with Gasteiger partial charge in [0.15, 0.2) is 3.95 Å². The lowest BCUT2D eigenvalue weighted by Crippen LogP contribution is -2.50. The molecule has 1 amide bonds. The van der Waals surface area contributed by atoms with Gasteiger partial charge in [0.1, 0.15) is 0 Å². The highest BCUT2D eigenvalue weighted by atomic mass is 35.5. The summed E-state index contributed by atoms with van der Waals surface area (Å²) in [6.07, 6.45) is 0. The van der Waals surface area contributed by atoms with Crippen molar-refractivity contribution in [2.75, 3.05) is 38.0 Å². The first kappa shape index (κ1) is 21.2. The maximum atomic E-state index is 11.9. The zero-order valence-electron chi connectivity index (χ0n) is 16.0. The third kappa shape index (κ3) is 5.99. The number of hydrogen-bond donors (Lipinski definition) is 2. The normalized spacial score (nSPS) is 15.7. The molecule has 28 heavy (non-hydrogen) atoms. The van der Waals surface area contributed by atoms with Gasteiger partial charge in [-0.25, -0.2) is 4.68 Å². The van der Waals surface area contributed by atoms with Gasteiger partial charge in [0.2, 0.25) is 11.0 Å². The van der Waals surface area contributed by atoms with Gasteiger partial charge in [-0.3, -0.25) is 14.6 Å². The Morgan fingerprint density at radius 3 is 2.61 bits per heavy atom. The van der Waals surface area contributed by atoms with E-state index in [4.69, 9.17) is 23.8 Å². The largest absolute Gasteiger partial charge is 0.353 e. The summed E-state index contributed by atoms with van der Waals surface area (Å²) in [7, 11) is 0. The van der Waals surface area contributed by atoms with Crippen LogP contribution in [-0.4, -0.2) is 64.3 Å². The van der Waals surface area contributed by atoms with Crippen molar-refractivity contribution in [3.63, 3.8) is 0 Å². The molecule has 1 aromatic heterocycles. The van der Waals surface area contributed by atoms with Crippen LogP contribution >= 0.6 is 35.2 Å². The van der Waals surface area contributed by atoms with E-state index in [2.05, 4.69) is 25.5 Å². The minimum atomic E-state index is 0.0838. The number of para-hydroxylation sites is 1.